The molecule has 1 amide bonds. The van der Waals surface area contributed by atoms with Gasteiger partial charge in [-0.25, -0.2) is 4.39 Å². The van der Waals surface area contributed by atoms with E-state index in [4.69, 9.17) is 11.6 Å². The smallest absolute Gasteiger partial charge is 0.220 e. The Bertz CT molecular complexity index is 465. The first-order valence-corrected chi connectivity index (χ1v) is 8.20. The molecule has 0 aliphatic rings. The topological polar surface area (TPSA) is 29.1 Å². The van der Waals surface area contributed by atoms with Gasteiger partial charge in [-0.1, -0.05) is 38.4 Å². The number of halogens is 2. The Labute approximate surface area is 129 Å². The first kappa shape index (κ1) is 17.3. The van der Waals surface area contributed by atoms with Crippen LogP contribution >= 0.6 is 23.4 Å². The molecule has 5 heteroatoms. The summed E-state index contributed by atoms with van der Waals surface area (Å²) in [6.07, 6.45) is 0.520. The molecule has 1 aromatic carbocycles. The molecule has 20 heavy (non-hydrogen) atoms. The number of carbonyl (C=O) groups is 1. The second kappa shape index (κ2) is 7.89. The minimum Gasteiger partial charge on any atom is -0.355 e. The Morgan fingerprint density at radius 2 is 2.15 bits per heavy atom. The molecule has 0 saturated heterocycles. The van der Waals surface area contributed by atoms with E-state index in [1.165, 1.54) is 12.1 Å². The highest BCUT2D eigenvalue weighted by molar-refractivity contribution is 7.99. The van der Waals surface area contributed by atoms with Crippen molar-refractivity contribution < 1.29 is 9.18 Å². The fourth-order valence-electron chi connectivity index (χ4n) is 1.85. The van der Waals surface area contributed by atoms with Gasteiger partial charge in [0.05, 0.1) is 0 Å². The fraction of sp³-hybridized carbons (Fsp3) is 0.533. The van der Waals surface area contributed by atoms with E-state index >= 15 is 0 Å². The third-order valence-corrected chi connectivity index (χ3v) is 4.28. The summed E-state index contributed by atoms with van der Waals surface area (Å²) in [6.45, 7) is 6.51. The molecular formula is C15H21ClFNOS. The summed E-state index contributed by atoms with van der Waals surface area (Å²) < 4.78 is 13.1. The monoisotopic (exact) mass is 317 g/mol. The van der Waals surface area contributed by atoms with Crippen LogP contribution in [0.4, 0.5) is 4.39 Å². The standard InChI is InChI=1S/C15H21ClFNOS/c1-4-20-8-7-14(19)18-10-15(2,3)12-6-5-11(17)9-13(12)16/h5-6,9H,4,7-8,10H2,1-3H3,(H,18,19). The van der Waals surface area contributed by atoms with E-state index in [1.54, 1.807) is 17.8 Å². The molecule has 0 heterocycles. The Kier molecular flexibility index (Phi) is 6.83. The van der Waals surface area contributed by atoms with Gasteiger partial charge in [-0.15, -0.1) is 0 Å². The molecule has 0 aliphatic heterocycles. The van der Waals surface area contributed by atoms with Crippen LogP contribution in [0, 0.1) is 5.82 Å². The average molecular weight is 318 g/mol. The SMILES string of the molecule is CCSCCC(=O)NCC(C)(C)c1ccc(F)cc1Cl. The average Bonchev–Trinajstić information content (AvgIpc) is 2.36. The molecule has 1 rings (SSSR count). The van der Waals surface area contributed by atoms with Crippen molar-refractivity contribution in [3.63, 3.8) is 0 Å². The molecule has 0 bridgehead atoms. The first-order valence-electron chi connectivity index (χ1n) is 6.67. The predicted octanol–water partition coefficient (Wildman–Crippen LogP) is 4.02. The van der Waals surface area contributed by atoms with Crippen LogP contribution in [0.15, 0.2) is 18.2 Å². The highest BCUT2D eigenvalue weighted by Crippen LogP contribution is 2.29. The number of hydrogen-bond donors (Lipinski definition) is 1. The Hall–Kier alpha value is -0.740. The van der Waals surface area contributed by atoms with Crippen LogP contribution in [0.1, 0.15) is 32.8 Å². The summed E-state index contributed by atoms with van der Waals surface area (Å²) in [7, 11) is 0. The third-order valence-electron chi connectivity index (χ3n) is 3.07. The van der Waals surface area contributed by atoms with Gasteiger partial charge in [0.25, 0.3) is 0 Å². The highest BCUT2D eigenvalue weighted by atomic mass is 35.5. The number of benzene rings is 1. The van der Waals surface area contributed by atoms with Gasteiger partial charge in [0, 0.05) is 29.2 Å². The molecule has 112 valence electrons. The normalized spacial score (nSPS) is 11.4. The Balaban J connectivity index is 2.58. The molecule has 0 saturated carbocycles. The van der Waals surface area contributed by atoms with Crippen LogP contribution < -0.4 is 5.32 Å². The van der Waals surface area contributed by atoms with E-state index in [1.807, 2.05) is 13.8 Å². The van der Waals surface area contributed by atoms with Crippen LogP contribution in [-0.4, -0.2) is 24.0 Å². The minimum atomic E-state index is -0.352. The summed E-state index contributed by atoms with van der Waals surface area (Å²) in [6, 6.07) is 4.37. The summed E-state index contributed by atoms with van der Waals surface area (Å²) in [5, 5.41) is 3.31. The van der Waals surface area contributed by atoms with Gasteiger partial charge in [-0.3, -0.25) is 4.79 Å². The lowest BCUT2D eigenvalue weighted by Gasteiger charge is -2.26. The number of hydrogen-bond acceptors (Lipinski definition) is 2. The van der Waals surface area contributed by atoms with E-state index in [0.29, 0.717) is 18.0 Å². The third kappa shape index (κ3) is 5.33. The molecule has 0 fully saturated rings. The summed E-state index contributed by atoms with van der Waals surface area (Å²) in [5.74, 6) is 1.54. The van der Waals surface area contributed by atoms with E-state index in [2.05, 4.69) is 12.2 Å². The second-order valence-corrected chi connectivity index (χ2v) is 7.03. The Morgan fingerprint density at radius 1 is 1.45 bits per heavy atom. The maximum absolute atomic E-state index is 13.1. The van der Waals surface area contributed by atoms with Crippen molar-refractivity contribution >= 4 is 29.3 Å². The number of carbonyl (C=O) groups excluding carboxylic acids is 1. The first-order chi connectivity index (χ1) is 9.36. The number of rotatable bonds is 7. The Morgan fingerprint density at radius 3 is 2.75 bits per heavy atom. The van der Waals surface area contributed by atoms with E-state index in [9.17, 15) is 9.18 Å². The van der Waals surface area contributed by atoms with Gasteiger partial charge in [0.2, 0.25) is 5.91 Å². The van der Waals surface area contributed by atoms with Gasteiger partial charge in [0.15, 0.2) is 0 Å². The van der Waals surface area contributed by atoms with Gasteiger partial charge in [0.1, 0.15) is 5.82 Å². The predicted molar refractivity (Wildman–Crippen MR) is 85.1 cm³/mol. The van der Waals surface area contributed by atoms with Gasteiger partial charge >= 0.3 is 0 Å². The number of thioether (sulfide) groups is 1. The zero-order valence-electron chi connectivity index (χ0n) is 12.1. The van der Waals surface area contributed by atoms with Crippen LogP contribution in [-0.2, 0) is 10.2 Å². The second-order valence-electron chi connectivity index (χ2n) is 5.23. The van der Waals surface area contributed by atoms with Crippen molar-refractivity contribution in [2.45, 2.75) is 32.6 Å². The van der Waals surface area contributed by atoms with E-state index < -0.39 is 0 Å². The molecule has 0 radical (unpaired) electrons. The largest absolute Gasteiger partial charge is 0.355 e. The van der Waals surface area contributed by atoms with Gasteiger partial charge < -0.3 is 5.32 Å². The molecule has 0 unspecified atom stereocenters. The molecule has 0 atom stereocenters. The quantitative estimate of drug-likeness (QED) is 0.770. The van der Waals surface area contributed by atoms with Crippen LogP contribution in [0.3, 0.4) is 0 Å². The number of nitrogens with one attached hydrogen (secondary N) is 1. The summed E-state index contributed by atoms with van der Waals surface area (Å²) >= 11 is 7.82. The maximum Gasteiger partial charge on any atom is 0.220 e. The van der Waals surface area contributed by atoms with Crippen molar-refractivity contribution in [1.82, 2.24) is 5.32 Å². The molecular weight excluding hydrogens is 297 g/mol. The van der Waals surface area contributed by atoms with Crippen molar-refractivity contribution in [1.29, 1.82) is 0 Å². The molecule has 0 aliphatic carbocycles. The summed E-state index contributed by atoms with van der Waals surface area (Å²) in [4.78, 5) is 11.7. The van der Waals surface area contributed by atoms with Crippen LogP contribution in [0.5, 0.6) is 0 Å². The van der Waals surface area contributed by atoms with Gasteiger partial charge in [-0.05, 0) is 23.4 Å². The molecule has 0 aromatic heterocycles. The van der Waals surface area contributed by atoms with Crippen molar-refractivity contribution in [2.75, 3.05) is 18.1 Å². The fourth-order valence-corrected chi connectivity index (χ4v) is 2.89. The highest BCUT2D eigenvalue weighted by Gasteiger charge is 2.24. The van der Waals surface area contributed by atoms with Gasteiger partial charge in [-0.2, -0.15) is 11.8 Å². The molecule has 0 spiro atoms. The number of amides is 1. The molecule has 1 aromatic rings. The zero-order valence-corrected chi connectivity index (χ0v) is 13.7. The van der Waals surface area contributed by atoms with E-state index in [0.717, 1.165) is 17.1 Å². The van der Waals surface area contributed by atoms with E-state index in [-0.39, 0.29) is 17.1 Å². The lowest BCUT2D eigenvalue weighted by Crippen LogP contribution is -2.37. The molecule has 1 N–H and O–H groups in total. The molecule has 2 nitrogen and oxygen atoms in total. The van der Waals surface area contributed by atoms with Crippen LogP contribution in [0.2, 0.25) is 5.02 Å². The maximum atomic E-state index is 13.1. The zero-order chi connectivity index (χ0) is 15.2. The van der Waals surface area contributed by atoms with Crippen molar-refractivity contribution in [3.8, 4) is 0 Å². The minimum absolute atomic E-state index is 0.0391. The summed E-state index contributed by atoms with van der Waals surface area (Å²) in [5.41, 5.74) is 0.502. The van der Waals surface area contributed by atoms with Crippen molar-refractivity contribution in [3.05, 3.63) is 34.6 Å². The lowest BCUT2D eigenvalue weighted by atomic mass is 9.84. The lowest BCUT2D eigenvalue weighted by molar-refractivity contribution is -0.120. The van der Waals surface area contributed by atoms with Crippen LogP contribution in [0.25, 0.3) is 0 Å². The van der Waals surface area contributed by atoms with Crippen molar-refractivity contribution in [2.24, 2.45) is 0 Å².